The Morgan fingerprint density at radius 2 is 1.92 bits per heavy atom. The Morgan fingerprint density at radius 3 is 2.69 bits per heavy atom. The zero-order chi connectivity index (χ0) is 9.26. The third-order valence-electron chi connectivity index (χ3n) is 2.11. The second-order valence-electron chi connectivity index (χ2n) is 3.04. The minimum atomic E-state index is 0.509. The highest BCUT2D eigenvalue weighted by Gasteiger charge is 1.99. The average Bonchev–Trinajstić information content (AvgIpc) is 2.18. The summed E-state index contributed by atoms with van der Waals surface area (Å²) in [6.07, 6.45) is 0. The predicted molar refractivity (Wildman–Crippen MR) is 57.9 cm³/mol. The van der Waals surface area contributed by atoms with Crippen molar-refractivity contribution in [3.63, 3.8) is 0 Å². The molecule has 1 nitrogen and oxygen atoms in total. The van der Waals surface area contributed by atoms with Crippen molar-refractivity contribution < 1.29 is 0 Å². The summed E-state index contributed by atoms with van der Waals surface area (Å²) in [6.45, 7) is 0. The van der Waals surface area contributed by atoms with Crippen LogP contribution in [0.4, 0.5) is 5.69 Å². The third-order valence-corrected chi connectivity index (χ3v) is 2.42. The first-order valence-electron chi connectivity index (χ1n) is 4.14. The third kappa shape index (κ3) is 1.47. The first-order valence-corrected chi connectivity index (χ1v) is 4.68. The number of fused-ring (bicyclic) bond motifs is 1. The second kappa shape index (κ2) is 3.27. The van der Waals surface area contributed by atoms with E-state index >= 15 is 0 Å². The Hall–Kier alpha value is -1.21. The lowest BCUT2D eigenvalue weighted by molar-refractivity contribution is 1.43. The van der Waals surface area contributed by atoms with E-state index in [0.717, 1.165) is 22.0 Å². The molecule has 0 saturated heterocycles. The van der Waals surface area contributed by atoms with Gasteiger partial charge in [-0.25, -0.2) is 0 Å². The van der Waals surface area contributed by atoms with Crippen molar-refractivity contribution >= 4 is 28.1 Å². The van der Waals surface area contributed by atoms with Gasteiger partial charge in [-0.3, -0.25) is 0 Å². The van der Waals surface area contributed by atoms with Crippen molar-refractivity contribution in [2.45, 2.75) is 5.88 Å². The molecule has 2 rings (SSSR count). The van der Waals surface area contributed by atoms with Crippen molar-refractivity contribution in [2.75, 3.05) is 5.73 Å². The van der Waals surface area contributed by atoms with Gasteiger partial charge in [-0.2, -0.15) is 0 Å². The maximum absolute atomic E-state index is 5.87. The lowest BCUT2D eigenvalue weighted by Crippen LogP contribution is -1.89. The van der Waals surface area contributed by atoms with Crippen LogP contribution in [0.25, 0.3) is 10.8 Å². The van der Waals surface area contributed by atoms with E-state index in [0.29, 0.717) is 5.88 Å². The van der Waals surface area contributed by atoms with Crippen LogP contribution in [-0.2, 0) is 5.88 Å². The Balaban J connectivity index is 2.77. The number of nitrogen functional groups attached to an aromatic ring is 1. The minimum Gasteiger partial charge on any atom is -0.398 e. The SMILES string of the molecule is Nc1cc(CCl)cc2ccccc12. The molecule has 2 heteroatoms. The smallest absolute Gasteiger partial charge is 0.0475 e. The molecule has 0 heterocycles. The van der Waals surface area contributed by atoms with Gasteiger partial charge in [0, 0.05) is 17.0 Å². The number of halogens is 1. The van der Waals surface area contributed by atoms with Gasteiger partial charge < -0.3 is 5.73 Å². The molecule has 0 aromatic heterocycles. The maximum Gasteiger partial charge on any atom is 0.0475 e. The molecule has 0 atom stereocenters. The summed E-state index contributed by atoms with van der Waals surface area (Å²) in [7, 11) is 0. The molecule has 2 N–H and O–H groups in total. The van der Waals surface area contributed by atoms with Crippen LogP contribution >= 0.6 is 11.6 Å². The molecule has 0 spiro atoms. The standard InChI is InChI=1S/C11H10ClN/c12-7-8-5-9-3-1-2-4-10(9)11(13)6-8/h1-6H,7,13H2. The highest BCUT2D eigenvalue weighted by atomic mass is 35.5. The van der Waals surface area contributed by atoms with Gasteiger partial charge in [-0.05, 0) is 23.1 Å². The molecule has 0 aliphatic rings. The molecule has 0 radical (unpaired) electrons. The molecule has 2 aromatic rings. The summed E-state index contributed by atoms with van der Waals surface area (Å²) in [5.74, 6) is 0.509. The number of hydrogen-bond acceptors (Lipinski definition) is 1. The van der Waals surface area contributed by atoms with Gasteiger partial charge in [0.1, 0.15) is 0 Å². The first kappa shape index (κ1) is 8.39. The fourth-order valence-corrected chi connectivity index (χ4v) is 1.64. The summed E-state index contributed by atoms with van der Waals surface area (Å²) < 4.78 is 0. The summed E-state index contributed by atoms with van der Waals surface area (Å²) in [5, 5.41) is 2.24. The summed E-state index contributed by atoms with van der Waals surface area (Å²) in [5.41, 5.74) is 7.74. The van der Waals surface area contributed by atoms with Crippen LogP contribution < -0.4 is 5.73 Å². The largest absolute Gasteiger partial charge is 0.398 e. The van der Waals surface area contributed by atoms with E-state index < -0.39 is 0 Å². The monoisotopic (exact) mass is 191 g/mol. The Morgan fingerprint density at radius 1 is 1.15 bits per heavy atom. The zero-order valence-corrected chi connectivity index (χ0v) is 7.88. The molecular weight excluding hydrogens is 182 g/mol. The molecule has 0 bridgehead atoms. The normalized spacial score (nSPS) is 10.5. The summed E-state index contributed by atoms with van der Waals surface area (Å²) in [6, 6.07) is 12.0. The van der Waals surface area contributed by atoms with Gasteiger partial charge in [0.05, 0.1) is 0 Å². The topological polar surface area (TPSA) is 26.0 Å². The fraction of sp³-hybridized carbons (Fsp3) is 0.0909. The van der Waals surface area contributed by atoms with E-state index in [9.17, 15) is 0 Å². The van der Waals surface area contributed by atoms with Gasteiger partial charge in [0.15, 0.2) is 0 Å². The number of hydrogen-bond donors (Lipinski definition) is 1. The van der Waals surface area contributed by atoms with Crippen molar-refractivity contribution in [1.29, 1.82) is 0 Å². The maximum atomic E-state index is 5.87. The highest BCUT2D eigenvalue weighted by Crippen LogP contribution is 2.23. The molecule has 2 aromatic carbocycles. The van der Waals surface area contributed by atoms with Crippen molar-refractivity contribution in [2.24, 2.45) is 0 Å². The van der Waals surface area contributed by atoms with Crippen LogP contribution in [0.2, 0.25) is 0 Å². The molecule has 13 heavy (non-hydrogen) atoms. The highest BCUT2D eigenvalue weighted by molar-refractivity contribution is 6.17. The second-order valence-corrected chi connectivity index (χ2v) is 3.31. The molecule has 66 valence electrons. The van der Waals surface area contributed by atoms with Crippen molar-refractivity contribution in [1.82, 2.24) is 0 Å². The predicted octanol–water partition coefficient (Wildman–Crippen LogP) is 3.16. The first-order chi connectivity index (χ1) is 6.31. The van der Waals surface area contributed by atoms with E-state index in [1.54, 1.807) is 0 Å². The molecule has 0 amide bonds. The van der Waals surface area contributed by atoms with Crippen LogP contribution in [0.1, 0.15) is 5.56 Å². The van der Waals surface area contributed by atoms with E-state index in [2.05, 4.69) is 6.07 Å². The Kier molecular flexibility index (Phi) is 2.11. The fourth-order valence-electron chi connectivity index (χ4n) is 1.48. The molecule has 0 unspecified atom stereocenters. The van der Waals surface area contributed by atoms with Crippen LogP contribution in [0.15, 0.2) is 36.4 Å². The Bertz CT molecular complexity index is 437. The zero-order valence-electron chi connectivity index (χ0n) is 7.13. The molecule has 0 saturated carbocycles. The lowest BCUT2D eigenvalue weighted by Gasteiger charge is -2.04. The lowest BCUT2D eigenvalue weighted by atomic mass is 10.1. The number of benzene rings is 2. The number of nitrogens with two attached hydrogens (primary N) is 1. The van der Waals surface area contributed by atoms with Crippen LogP contribution in [0, 0.1) is 0 Å². The summed E-state index contributed by atoms with van der Waals surface area (Å²) in [4.78, 5) is 0. The van der Waals surface area contributed by atoms with E-state index in [-0.39, 0.29) is 0 Å². The van der Waals surface area contributed by atoms with Crippen LogP contribution in [0.3, 0.4) is 0 Å². The number of alkyl halides is 1. The van der Waals surface area contributed by atoms with E-state index in [1.165, 1.54) is 0 Å². The summed E-state index contributed by atoms with van der Waals surface area (Å²) >= 11 is 5.74. The van der Waals surface area contributed by atoms with E-state index in [4.69, 9.17) is 17.3 Å². The van der Waals surface area contributed by atoms with Gasteiger partial charge in [0.2, 0.25) is 0 Å². The number of anilines is 1. The number of rotatable bonds is 1. The van der Waals surface area contributed by atoms with Gasteiger partial charge >= 0.3 is 0 Å². The minimum absolute atomic E-state index is 0.509. The van der Waals surface area contributed by atoms with Gasteiger partial charge in [-0.1, -0.05) is 24.3 Å². The van der Waals surface area contributed by atoms with Gasteiger partial charge in [0.25, 0.3) is 0 Å². The Labute approximate surface area is 82.1 Å². The molecule has 0 aliphatic heterocycles. The van der Waals surface area contributed by atoms with Crippen molar-refractivity contribution in [3.05, 3.63) is 42.0 Å². The van der Waals surface area contributed by atoms with Crippen LogP contribution in [-0.4, -0.2) is 0 Å². The average molecular weight is 192 g/mol. The molecule has 0 fully saturated rings. The quantitative estimate of drug-likeness (QED) is 0.544. The van der Waals surface area contributed by atoms with Gasteiger partial charge in [-0.15, -0.1) is 11.6 Å². The molecule has 0 aliphatic carbocycles. The molecular formula is C11H10ClN. The van der Waals surface area contributed by atoms with Crippen LogP contribution in [0.5, 0.6) is 0 Å². The van der Waals surface area contributed by atoms with E-state index in [1.807, 2.05) is 30.3 Å². The van der Waals surface area contributed by atoms with Crippen molar-refractivity contribution in [3.8, 4) is 0 Å².